The Kier molecular flexibility index (Phi) is 4.68. The van der Waals surface area contributed by atoms with Crippen molar-refractivity contribution in [3.05, 3.63) is 18.1 Å². The van der Waals surface area contributed by atoms with Gasteiger partial charge in [0.15, 0.2) is 0 Å². The minimum Gasteiger partial charge on any atom is -0.356 e. The molecule has 0 bridgehead atoms. The summed E-state index contributed by atoms with van der Waals surface area (Å²) in [7, 11) is 2.05. The van der Waals surface area contributed by atoms with Gasteiger partial charge in [-0.3, -0.25) is 4.98 Å². The molecule has 0 aromatic carbocycles. The number of aromatic nitrogens is 2. The average molecular weight is 222 g/mol. The van der Waals surface area contributed by atoms with Crippen molar-refractivity contribution in [2.24, 2.45) is 11.7 Å². The van der Waals surface area contributed by atoms with Crippen LogP contribution in [-0.4, -0.2) is 23.1 Å². The SMILES string of the molecule is CC(C)CC(C)N(C)c1cncc(CN)n1. The van der Waals surface area contributed by atoms with Crippen LogP contribution in [0.3, 0.4) is 0 Å². The Hall–Kier alpha value is -1.16. The van der Waals surface area contributed by atoms with Crippen molar-refractivity contribution in [1.82, 2.24) is 9.97 Å². The fourth-order valence-corrected chi connectivity index (χ4v) is 1.73. The summed E-state index contributed by atoms with van der Waals surface area (Å²) in [5, 5.41) is 0. The van der Waals surface area contributed by atoms with E-state index < -0.39 is 0 Å². The molecule has 0 spiro atoms. The van der Waals surface area contributed by atoms with Crippen molar-refractivity contribution in [2.75, 3.05) is 11.9 Å². The van der Waals surface area contributed by atoms with Crippen molar-refractivity contribution in [1.29, 1.82) is 0 Å². The van der Waals surface area contributed by atoms with Crippen molar-refractivity contribution in [2.45, 2.75) is 39.8 Å². The summed E-state index contributed by atoms with van der Waals surface area (Å²) in [6.45, 7) is 7.10. The van der Waals surface area contributed by atoms with Crippen LogP contribution in [0, 0.1) is 5.92 Å². The number of hydrogen-bond donors (Lipinski definition) is 1. The fraction of sp³-hybridized carbons (Fsp3) is 0.667. The van der Waals surface area contributed by atoms with Gasteiger partial charge in [0.05, 0.1) is 11.9 Å². The number of nitrogens with zero attached hydrogens (tertiary/aromatic N) is 3. The van der Waals surface area contributed by atoms with Crippen molar-refractivity contribution in [3.63, 3.8) is 0 Å². The van der Waals surface area contributed by atoms with Crippen LogP contribution in [0.5, 0.6) is 0 Å². The van der Waals surface area contributed by atoms with Gasteiger partial charge in [-0.2, -0.15) is 0 Å². The van der Waals surface area contributed by atoms with Gasteiger partial charge in [-0.15, -0.1) is 0 Å². The highest BCUT2D eigenvalue weighted by Gasteiger charge is 2.13. The first-order chi connectivity index (χ1) is 7.54. The molecule has 4 heteroatoms. The van der Waals surface area contributed by atoms with Crippen LogP contribution in [0.1, 0.15) is 32.9 Å². The van der Waals surface area contributed by atoms with Crippen LogP contribution in [0.2, 0.25) is 0 Å². The zero-order chi connectivity index (χ0) is 12.1. The monoisotopic (exact) mass is 222 g/mol. The van der Waals surface area contributed by atoms with Crippen LogP contribution in [0.25, 0.3) is 0 Å². The van der Waals surface area contributed by atoms with E-state index in [0.29, 0.717) is 18.5 Å². The topological polar surface area (TPSA) is 55.0 Å². The van der Waals surface area contributed by atoms with Gasteiger partial charge >= 0.3 is 0 Å². The van der Waals surface area contributed by atoms with Crippen LogP contribution in [0.15, 0.2) is 12.4 Å². The third-order valence-corrected chi connectivity index (χ3v) is 2.72. The summed E-state index contributed by atoms with van der Waals surface area (Å²) in [6, 6.07) is 0.460. The summed E-state index contributed by atoms with van der Waals surface area (Å²) < 4.78 is 0. The Balaban J connectivity index is 2.74. The average Bonchev–Trinajstić information content (AvgIpc) is 2.27. The lowest BCUT2D eigenvalue weighted by atomic mass is 10.0. The van der Waals surface area contributed by atoms with Crippen molar-refractivity contribution >= 4 is 5.82 Å². The molecule has 1 rings (SSSR count). The van der Waals surface area contributed by atoms with Gasteiger partial charge in [-0.25, -0.2) is 4.98 Å². The van der Waals surface area contributed by atoms with Gasteiger partial charge in [0.2, 0.25) is 0 Å². The van der Waals surface area contributed by atoms with E-state index in [1.54, 1.807) is 12.4 Å². The van der Waals surface area contributed by atoms with E-state index in [0.717, 1.165) is 17.9 Å². The normalized spacial score (nSPS) is 12.9. The summed E-state index contributed by atoms with van der Waals surface area (Å²) in [6.07, 6.45) is 4.64. The second-order valence-electron chi connectivity index (χ2n) is 4.66. The zero-order valence-corrected chi connectivity index (χ0v) is 10.6. The van der Waals surface area contributed by atoms with Gasteiger partial charge in [0.1, 0.15) is 5.82 Å². The van der Waals surface area contributed by atoms with E-state index in [4.69, 9.17) is 5.73 Å². The Morgan fingerprint density at radius 2 is 2.00 bits per heavy atom. The molecule has 1 heterocycles. The Bertz CT molecular complexity index is 325. The lowest BCUT2D eigenvalue weighted by Gasteiger charge is -2.27. The van der Waals surface area contributed by atoms with E-state index >= 15 is 0 Å². The maximum absolute atomic E-state index is 5.55. The lowest BCUT2D eigenvalue weighted by Crippen LogP contribution is -2.31. The Labute approximate surface area is 97.9 Å². The fourth-order valence-electron chi connectivity index (χ4n) is 1.73. The highest BCUT2D eigenvalue weighted by atomic mass is 15.2. The van der Waals surface area contributed by atoms with Gasteiger partial charge in [0, 0.05) is 25.8 Å². The van der Waals surface area contributed by atoms with E-state index in [9.17, 15) is 0 Å². The molecule has 0 saturated heterocycles. The molecule has 1 aromatic heterocycles. The zero-order valence-electron chi connectivity index (χ0n) is 10.6. The first-order valence-corrected chi connectivity index (χ1v) is 5.78. The molecule has 2 N–H and O–H groups in total. The largest absolute Gasteiger partial charge is 0.356 e. The number of hydrogen-bond acceptors (Lipinski definition) is 4. The maximum Gasteiger partial charge on any atom is 0.147 e. The number of anilines is 1. The van der Waals surface area contributed by atoms with Gasteiger partial charge in [-0.05, 0) is 19.3 Å². The number of rotatable bonds is 5. The molecule has 0 radical (unpaired) electrons. The molecule has 1 atom stereocenters. The molecule has 0 aliphatic rings. The smallest absolute Gasteiger partial charge is 0.147 e. The van der Waals surface area contributed by atoms with Gasteiger partial charge in [0.25, 0.3) is 0 Å². The molecular weight excluding hydrogens is 200 g/mol. The second kappa shape index (κ2) is 5.80. The van der Waals surface area contributed by atoms with Crippen LogP contribution >= 0.6 is 0 Å². The van der Waals surface area contributed by atoms with E-state index in [-0.39, 0.29) is 0 Å². The quantitative estimate of drug-likeness (QED) is 0.825. The van der Waals surface area contributed by atoms with Crippen molar-refractivity contribution in [3.8, 4) is 0 Å². The van der Waals surface area contributed by atoms with E-state index in [1.165, 1.54) is 0 Å². The third-order valence-electron chi connectivity index (χ3n) is 2.72. The predicted molar refractivity (Wildman–Crippen MR) is 67.2 cm³/mol. The van der Waals surface area contributed by atoms with Crippen molar-refractivity contribution < 1.29 is 0 Å². The Morgan fingerprint density at radius 3 is 2.56 bits per heavy atom. The maximum atomic E-state index is 5.55. The molecule has 1 unspecified atom stereocenters. The molecule has 0 fully saturated rings. The predicted octanol–water partition coefficient (Wildman–Crippen LogP) is 1.81. The lowest BCUT2D eigenvalue weighted by molar-refractivity contribution is 0.501. The Morgan fingerprint density at radius 1 is 1.31 bits per heavy atom. The number of nitrogens with two attached hydrogens (primary N) is 1. The summed E-state index contributed by atoms with van der Waals surface area (Å²) in [4.78, 5) is 10.8. The minimum absolute atomic E-state index is 0.438. The molecule has 0 saturated carbocycles. The van der Waals surface area contributed by atoms with Gasteiger partial charge in [-0.1, -0.05) is 13.8 Å². The van der Waals surface area contributed by atoms with Crippen LogP contribution in [-0.2, 0) is 6.54 Å². The van der Waals surface area contributed by atoms with E-state index in [1.807, 2.05) is 0 Å². The minimum atomic E-state index is 0.438. The second-order valence-corrected chi connectivity index (χ2v) is 4.66. The first-order valence-electron chi connectivity index (χ1n) is 5.78. The molecule has 16 heavy (non-hydrogen) atoms. The standard InChI is InChI=1S/C12H22N4/c1-9(2)5-10(3)16(4)12-8-14-7-11(6-13)15-12/h7-10H,5-6,13H2,1-4H3. The van der Waals surface area contributed by atoms with E-state index in [2.05, 4.69) is 42.7 Å². The van der Waals surface area contributed by atoms with Crippen LogP contribution in [0.4, 0.5) is 5.82 Å². The highest BCUT2D eigenvalue weighted by Crippen LogP contribution is 2.16. The van der Waals surface area contributed by atoms with Crippen LogP contribution < -0.4 is 10.6 Å². The molecule has 1 aromatic rings. The first kappa shape index (κ1) is 12.9. The molecule has 0 aliphatic heterocycles. The van der Waals surface area contributed by atoms with Gasteiger partial charge < -0.3 is 10.6 Å². The summed E-state index contributed by atoms with van der Waals surface area (Å²) in [5.74, 6) is 1.58. The third kappa shape index (κ3) is 3.45. The summed E-state index contributed by atoms with van der Waals surface area (Å²) >= 11 is 0. The molecule has 4 nitrogen and oxygen atoms in total. The molecule has 0 aliphatic carbocycles. The molecule has 90 valence electrons. The molecule has 0 amide bonds. The molecular formula is C12H22N4. The highest BCUT2D eigenvalue weighted by molar-refractivity contribution is 5.36. The summed E-state index contributed by atoms with van der Waals surface area (Å²) in [5.41, 5.74) is 6.39.